The molecule has 3 aromatic rings. The molecule has 178 valence electrons. The second kappa shape index (κ2) is 8.84. The summed E-state index contributed by atoms with van der Waals surface area (Å²) in [5.41, 5.74) is 5.22. The van der Waals surface area contributed by atoms with E-state index in [4.69, 9.17) is 4.74 Å². The Bertz CT molecular complexity index is 1330. The van der Waals surface area contributed by atoms with Gasteiger partial charge in [-0.05, 0) is 46.9 Å². The minimum atomic E-state index is -1.59. The lowest BCUT2D eigenvalue weighted by atomic mass is 9.82. The normalized spacial score (nSPS) is 20.1. The Balaban J connectivity index is 1.34. The van der Waals surface area contributed by atoms with E-state index in [1.54, 1.807) is 12.1 Å². The van der Waals surface area contributed by atoms with Crippen molar-refractivity contribution < 1.29 is 29.0 Å². The highest BCUT2D eigenvalue weighted by atomic mass is 16.6. The van der Waals surface area contributed by atoms with E-state index < -0.39 is 41.4 Å². The van der Waals surface area contributed by atoms with Crippen LogP contribution in [-0.2, 0) is 32.0 Å². The lowest BCUT2D eigenvalue weighted by molar-refractivity contribution is -0.156. The maximum atomic E-state index is 13.4. The molecular formula is C26H23N3O6. The fourth-order valence-corrected chi connectivity index (χ4v) is 4.65. The van der Waals surface area contributed by atoms with Crippen molar-refractivity contribution >= 4 is 34.5 Å². The molecule has 4 N–H and O–H groups in total. The Kier molecular flexibility index (Phi) is 5.70. The summed E-state index contributed by atoms with van der Waals surface area (Å²) in [5.74, 6) is -2.67. The molecule has 2 atom stereocenters. The van der Waals surface area contributed by atoms with Crippen LogP contribution in [0.3, 0.4) is 0 Å². The lowest BCUT2D eigenvalue weighted by Crippen LogP contribution is -2.58. The van der Waals surface area contributed by atoms with Gasteiger partial charge >= 0.3 is 5.97 Å². The number of hydrogen-bond donors (Lipinski definition) is 4. The number of benzene rings is 3. The molecule has 0 saturated carbocycles. The van der Waals surface area contributed by atoms with Crippen molar-refractivity contribution in [1.82, 2.24) is 16.2 Å². The third-order valence-electron chi connectivity index (χ3n) is 6.55. The summed E-state index contributed by atoms with van der Waals surface area (Å²) in [7, 11) is 0. The molecule has 9 heteroatoms. The van der Waals surface area contributed by atoms with Crippen molar-refractivity contribution in [2.75, 3.05) is 0 Å². The van der Waals surface area contributed by atoms with Crippen LogP contribution in [0.25, 0.3) is 10.8 Å². The number of carbonyl (C=O) groups is 4. The standard InChI is InChI=1S/C26H23N3O6/c30-21-12-20(23(32)35-21)27-24(33)26(13-18-7-3-4-8-19(18)14-26)25(34)29-28-22(31)17-10-9-15-5-1-2-6-16(15)11-17/h1-11,20-21,30H,12-14H2,(H,27,33)(H,28,31)(H,29,34). The Labute approximate surface area is 200 Å². The van der Waals surface area contributed by atoms with Gasteiger partial charge in [0.2, 0.25) is 12.2 Å². The fourth-order valence-electron chi connectivity index (χ4n) is 4.65. The summed E-state index contributed by atoms with van der Waals surface area (Å²) in [4.78, 5) is 51.4. The number of hydrazine groups is 1. The molecule has 0 radical (unpaired) electrons. The van der Waals surface area contributed by atoms with Crippen LogP contribution >= 0.6 is 0 Å². The Morgan fingerprint density at radius 2 is 1.51 bits per heavy atom. The minimum Gasteiger partial charge on any atom is -0.434 e. The van der Waals surface area contributed by atoms with Crippen LogP contribution in [0.4, 0.5) is 0 Å². The van der Waals surface area contributed by atoms with Gasteiger partial charge < -0.3 is 15.2 Å². The number of cyclic esters (lactones) is 1. The predicted molar refractivity (Wildman–Crippen MR) is 124 cm³/mol. The van der Waals surface area contributed by atoms with E-state index in [0.717, 1.165) is 21.9 Å². The third-order valence-corrected chi connectivity index (χ3v) is 6.55. The van der Waals surface area contributed by atoms with Crippen LogP contribution in [0.5, 0.6) is 0 Å². The summed E-state index contributed by atoms with van der Waals surface area (Å²) < 4.78 is 4.70. The topological polar surface area (TPSA) is 134 Å². The van der Waals surface area contributed by atoms with Crippen molar-refractivity contribution in [2.24, 2.45) is 5.41 Å². The van der Waals surface area contributed by atoms with E-state index in [9.17, 15) is 24.3 Å². The second-order valence-electron chi connectivity index (χ2n) is 8.83. The molecule has 1 saturated heterocycles. The maximum Gasteiger partial charge on any atom is 0.331 e. The summed E-state index contributed by atoms with van der Waals surface area (Å²) in [5, 5.41) is 14.0. The molecule has 0 aromatic heterocycles. The number of aliphatic hydroxyl groups excluding tert-OH is 1. The van der Waals surface area contributed by atoms with Crippen molar-refractivity contribution in [3.63, 3.8) is 0 Å². The van der Waals surface area contributed by atoms with E-state index in [0.29, 0.717) is 5.56 Å². The van der Waals surface area contributed by atoms with Gasteiger partial charge in [0, 0.05) is 12.0 Å². The quantitative estimate of drug-likeness (QED) is 0.255. The van der Waals surface area contributed by atoms with Crippen molar-refractivity contribution in [3.8, 4) is 0 Å². The zero-order valence-corrected chi connectivity index (χ0v) is 18.6. The Morgan fingerprint density at radius 1 is 0.857 bits per heavy atom. The first-order valence-corrected chi connectivity index (χ1v) is 11.2. The first kappa shape index (κ1) is 22.5. The van der Waals surface area contributed by atoms with E-state index in [1.165, 1.54) is 0 Å². The van der Waals surface area contributed by atoms with Crippen molar-refractivity contribution in [3.05, 3.63) is 83.4 Å². The number of carbonyl (C=O) groups excluding carboxylic acids is 4. The van der Waals surface area contributed by atoms with Crippen LogP contribution in [0, 0.1) is 5.41 Å². The summed E-state index contributed by atoms with van der Waals surface area (Å²) in [6, 6.07) is 19.0. The molecule has 3 aromatic carbocycles. The zero-order valence-electron chi connectivity index (χ0n) is 18.6. The van der Waals surface area contributed by atoms with E-state index in [1.807, 2.05) is 54.6 Å². The number of nitrogens with one attached hydrogen (secondary N) is 3. The number of fused-ring (bicyclic) bond motifs is 2. The fraction of sp³-hybridized carbons (Fsp3) is 0.231. The molecule has 1 aliphatic heterocycles. The number of rotatable bonds is 4. The van der Waals surface area contributed by atoms with Gasteiger partial charge in [-0.15, -0.1) is 0 Å². The summed E-state index contributed by atoms with van der Waals surface area (Å²) in [6.45, 7) is 0. The largest absolute Gasteiger partial charge is 0.434 e. The first-order chi connectivity index (χ1) is 16.9. The van der Waals surface area contributed by atoms with Gasteiger partial charge in [0.1, 0.15) is 11.5 Å². The zero-order chi connectivity index (χ0) is 24.6. The average Bonchev–Trinajstić information content (AvgIpc) is 3.41. The molecule has 2 aliphatic rings. The highest BCUT2D eigenvalue weighted by molar-refractivity contribution is 6.08. The minimum absolute atomic E-state index is 0.0943. The molecule has 1 fully saturated rings. The first-order valence-electron chi connectivity index (χ1n) is 11.2. The number of esters is 1. The Morgan fingerprint density at radius 3 is 2.17 bits per heavy atom. The molecule has 0 spiro atoms. The summed E-state index contributed by atoms with van der Waals surface area (Å²) >= 11 is 0. The molecule has 9 nitrogen and oxygen atoms in total. The van der Waals surface area contributed by atoms with Crippen LogP contribution in [0.2, 0.25) is 0 Å². The molecule has 1 heterocycles. The van der Waals surface area contributed by atoms with Crippen LogP contribution in [-0.4, -0.2) is 41.1 Å². The number of amides is 3. The third kappa shape index (κ3) is 4.22. The van der Waals surface area contributed by atoms with E-state index in [2.05, 4.69) is 16.2 Å². The monoisotopic (exact) mass is 473 g/mol. The van der Waals surface area contributed by atoms with Gasteiger partial charge in [0.15, 0.2) is 0 Å². The second-order valence-corrected chi connectivity index (χ2v) is 8.83. The molecule has 2 unspecified atom stereocenters. The molecular weight excluding hydrogens is 450 g/mol. The predicted octanol–water partition coefficient (Wildman–Crippen LogP) is 1.14. The van der Waals surface area contributed by atoms with E-state index in [-0.39, 0.29) is 19.3 Å². The summed E-state index contributed by atoms with van der Waals surface area (Å²) in [6.07, 6.45) is -1.22. The van der Waals surface area contributed by atoms with Crippen LogP contribution in [0.1, 0.15) is 27.9 Å². The molecule has 1 aliphatic carbocycles. The molecule has 3 amide bonds. The number of aliphatic hydroxyl groups is 1. The van der Waals surface area contributed by atoms with Gasteiger partial charge in [-0.2, -0.15) is 0 Å². The van der Waals surface area contributed by atoms with Gasteiger partial charge in [-0.1, -0.05) is 54.6 Å². The van der Waals surface area contributed by atoms with Gasteiger partial charge in [0.25, 0.3) is 11.8 Å². The number of ether oxygens (including phenoxy) is 1. The number of hydrogen-bond acceptors (Lipinski definition) is 6. The average molecular weight is 473 g/mol. The van der Waals surface area contributed by atoms with Gasteiger partial charge in [0.05, 0.1) is 0 Å². The van der Waals surface area contributed by atoms with Crippen molar-refractivity contribution in [1.29, 1.82) is 0 Å². The maximum absolute atomic E-state index is 13.4. The molecule has 35 heavy (non-hydrogen) atoms. The Hall–Kier alpha value is -4.24. The molecule has 5 rings (SSSR count). The van der Waals surface area contributed by atoms with E-state index >= 15 is 0 Å². The molecule has 0 bridgehead atoms. The highest BCUT2D eigenvalue weighted by Crippen LogP contribution is 2.38. The van der Waals surface area contributed by atoms with Crippen molar-refractivity contribution in [2.45, 2.75) is 31.6 Å². The highest BCUT2D eigenvalue weighted by Gasteiger charge is 2.52. The van der Waals surface area contributed by atoms with Gasteiger partial charge in [-0.3, -0.25) is 25.2 Å². The smallest absolute Gasteiger partial charge is 0.331 e. The van der Waals surface area contributed by atoms with Crippen LogP contribution in [0.15, 0.2) is 66.7 Å². The lowest BCUT2D eigenvalue weighted by Gasteiger charge is -2.27. The van der Waals surface area contributed by atoms with Gasteiger partial charge in [-0.25, -0.2) is 4.79 Å². The van der Waals surface area contributed by atoms with Crippen LogP contribution < -0.4 is 16.2 Å². The SMILES string of the molecule is O=C(NNC(=O)C1(C(=O)NC2CC(O)OC2=O)Cc2ccccc2C1)c1ccc2ccccc2c1.